The molecule has 0 saturated heterocycles. The smallest absolute Gasteiger partial charge is 0.275 e. The molecule has 1 amide bonds. The van der Waals surface area contributed by atoms with E-state index in [9.17, 15) is 4.79 Å². The van der Waals surface area contributed by atoms with Crippen molar-refractivity contribution in [1.82, 2.24) is 15.0 Å². The topological polar surface area (TPSA) is 77.7 Å². The molecule has 1 aliphatic heterocycles. The Bertz CT molecular complexity index is 1220. The predicted molar refractivity (Wildman–Crippen MR) is 117 cm³/mol. The Morgan fingerprint density at radius 2 is 2.13 bits per heavy atom. The van der Waals surface area contributed by atoms with Crippen LogP contribution in [0.2, 0.25) is 0 Å². The number of nitrogens with zero attached hydrogens (tertiary/aromatic N) is 3. The Labute approximate surface area is 183 Å². The lowest BCUT2D eigenvalue weighted by atomic mass is 10.1. The van der Waals surface area contributed by atoms with Crippen molar-refractivity contribution < 1.29 is 18.8 Å². The average Bonchev–Trinajstić information content (AvgIpc) is 3.48. The summed E-state index contributed by atoms with van der Waals surface area (Å²) in [5, 5.41) is 4.93. The fourth-order valence-electron chi connectivity index (χ4n) is 3.69. The second-order valence-electron chi connectivity index (χ2n) is 7.57. The third-order valence-electron chi connectivity index (χ3n) is 5.16. The van der Waals surface area contributed by atoms with Gasteiger partial charge in [0.1, 0.15) is 24.2 Å². The summed E-state index contributed by atoms with van der Waals surface area (Å²) in [5.41, 5.74) is 2.33. The van der Waals surface area contributed by atoms with Crippen LogP contribution in [0, 0.1) is 6.92 Å². The highest BCUT2D eigenvalue weighted by molar-refractivity contribution is 7.18. The first kappa shape index (κ1) is 19.6. The lowest BCUT2D eigenvalue weighted by molar-refractivity contribution is 0.0720. The van der Waals surface area contributed by atoms with Gasteiger partial charge >= 0.3 is 0 Å². The molecule has 2 aromatic carbocycles. The third-order valence-corrected chi connectivity index (χ3v) is 6.11. The van der Waals surface area contributed by atoms with Crippen molar-refractivity contribution in [3.8, 4) is 11.5 Å². The van der Waals surface area contributed by atoms with Gasteiger partial charge in [0.15, 0.2) is 11.5 Å². The molecule has 0 N–H and O–H groups in total. The molecule has 0 saturated carbocycles. The number of aryl methyl sites for hydroxylation is 1. The van der Waals surface area contributed by atoms with Gasteiger partial charge in [0.2, 0.25) is 0 Å². The fourth-order valence-corrected chi connectivity index (χ4v) is 4.50. The zero-order valence-electron chi connectivity index (χ0n) is 17.2. The Morgan fingerprint density at radius 3 is 3.00 bits per heavy atom. The summed E-state index contributed by atoms with van der Waals surface area (Å²) in [6, 6.07) is 15.4. The summed E-state index contributed by atoms with van der Waals surface area (Å²) in [4.78, 5) is 18.8. The Balaban J connectivity index is 1.18. The second kappa shape index (κ2) is 8.03. The van der Waals surface area contributed by atoms with Gasteiger partial charge in [-0.1, -0.05) is 23.4 Å². The number of likely N-dealkylation sites (N-methyl/N-ethyl adjacent to an activating group) is 1. The first-order chi connectivity index (χ1) is 15.0. The van der Waals surface area contributed by atoms with Gasteiger partial charge in [0.05, 0.1) is 21.8 Å². The average molecular weight is 436 g/mol. The van der Waals surface area contributed by atoms with E-state index in [1.807, 2.05) is 43.3 Å². The Morgan fingerprint density at radius 1 is 1.26 bits per heavy atom. The normalized spacial score (nSPS) is 15.0. The molecule has 0 aliphatic carbocycles. The molecule has 1 aliphatic rings. The number of aromatic nitrogens is 2. The highest BCUT2D eigenvalue weighted by Gasteiger charge is 2.26. The van der Waals surface area contributed by atoms with Crippen LogP contribution in [0.3, 0.4) is 0 Å². The minimum atomic E-state index is -0.214. The van der Waals surface area contributed by atoms with Crippen LogP contribution in [0.25, 0.3) is 10.2 Å². The molecular weight excluding hydrogens is 414 g/mol. The molecular formula is C23H21N3O4S. The summed E-state index contributed by atoms with van der Waals surface area (Å²) >= 11 is 1.65. The third kappa shape index (κ3) is 4.11. The van der Waals surface area contributed by atoms with Crippen molar-refractivity contribution in [2.45, 2.75) is 26.1 Å². The molecule has 0 unspecified atom stereocenters. The van der Waals surface area contributed by atoms with E-state index < -0.39 is 0 Å². The number of amides is 1. The molecule has 158 valence electrons. The molecule has 7 nitrogen and oxygen atoms in total. The van der Waals surface area contributed by atoms with Gasteiger partial charge in [0.25, 0.3) is 5.91 Å². The van der Waals surface area contributed by atoms with Crippen LogP contribution in [-0.4, -0.2) is 40.6 Å². The van der Waals surface area contributed by atoms with E-state index in [1.54, 1.807) is 29.4 Å². The largest absolute Gasteiger partial charge is 0.488 e. The van der Waals surface area contributed by atoms with E-state index in [1.165, 1.54) is 5.56 Å². The second-order valence-corrected chi connectivity index (χ2v) is 8.80. The standard InChI is InChI=1S/C23H21N3O4S/c1-14-24-19-10-16(7-8-22(19)31-14)28-13-18-11-20(25-30-18)23(27)26(2)12-17-9-15-5-3-4-6-21(15)29-17/h3-8,10-11,17H,9,12-13H2,1-2H3/t17-/m1/s1. The number of hydrogen-bond acceptors (Lipinski definition) is 7. The van der Waals surface area contributed by atoms with Crippen molar-refractivity contribution in [3.05, 3.63) is 70.6 Å². The first-order valence-electron chi connectivity index (χ1n) is 10.0. The van der Waals surface area contributed by atoms with E-state index in [0.29, 0.717) is 18.1 Å². The molecule has 5 rings (SSSR count). The van der Waals surface area contributed by atoms with E-state index in [0.717, 1.165) is 27.4 Å². The van der Waals surface area contributed by atoms with Crippen molar-refractivity contribution >= 4 is 27.5 Å². The minimum absolute atomic E-state index is 0.0645. The maximum absolute atomic E-state index is 12.7. The van der Waals surface area contributed by atoms with Crippen molar-refractivity contribution in [3.63, 3.8) is 0 Å². The van der Waals surface area contributed by atoms with Crippen LogP contribution in [0.15, 0.2) is 53.1 Å². The van der Waals surface area contributed by atoms with Crippen LogP contribution in [0.5, 0.6) is 11.5 Å². The quantitative estimate of drug-likeness (QED) is 0.451. The summed E-state index contributed by atoms with van der Waals surface area (Å²) in [5.74, 6) is 1.85. The fraction of sp³-hybridized carbons (Fsp3) is 0.261. The monoisotopic (exact) mass is 435 g/mol. The Hall–Kier alpha value is -3.39. The van der Waals surface area contributed by atoms with Gasteiger partial charge in [-0.15, -0.1) is 11.3 Å². The molecule has 8 heteroatoms. The number of hydrogen-bond donors (Lipinski definition) is 0. The minimum Gasteiger partial charge on any atom is -0.488 e. The van der Waals surface area contributed by atoms with Crippen LogP contribution in [0.4, 0.5) is 0 Å². The van der Waals surface area contributed by atoms with Crippen molar-refractivity contribution in [2.24, 2.45) is 0 Å². The Kier molecular flexibility index (Phi) is 5.07. The molecule has 2 aromatic heterocycles. The summed E-state index contributed by atoms with van der Waals surface area (Å²) in [6.45, 7) is 2.63. The van der Waals surface area contributed by atoms with Gasteiger partial charge in [-0.2, -0.15) is 0 Å². The maximum Gasteiger partial charge on any atom is 0.275 e. The van der Waals surface area contributed by atoms with Gasteiger partial charge in [-0.25, -0.2) is 4.98 Å². The number of rotatable bonds is 6. The van der Waals surface area contributed by atoms with E-state index in [-0.39, 0.29) is 24.3 Å². The molecule has 0 fully saturated rings. The number of para-hydroxylation sites is 1. The number of carbonyl (C=O) groups is 1. The molecule has 3 heterocycles. The zero-order chi connectivity index (χ0) is 21.4. The van der Waals surface area contributed by atoms with E-state index in [4.69, 9.17) is 14.0 Å². The SMILES string of the molecule is Cc1nc2cc(OCc3cc(C(=O)N(C)C[C@H]4Cc5ccccc5O4)no3)ccc2s1. The zero-order valence-corrected chi connectivity index (χ0v) is 18.0. The maximum atomic E-state index is 12.7. The highest BCUT2D eigenvalue weighted by atomic mass is 32.1. The summed E-state index contributed by atoms with van der Waals surface area (Å²) in [6.07, 6.45) is 0.722. The van der Waals surface area contributed by atoms with E-state index >= 15 is 0 Å². The predicted octanol–water partition coefficient (Wildman–Crippen LogP) is 4.25. The van der Waals surface area contributed by atoms with Crippen LogP contribution < -0.4 is 9.47 Å². The van der Waals surface area contributed by atoms with Gasteiger partial charge in [-0.05, 0) is 30.7 Å². The summed E-state index contributed by atoms with van der Waals surface area (Å²) < 4.78 is 18.1. The molecule has 0 spiro atoms. The lowest BCUT2D eigenvalue weighted by Gasteiger charge is -2.19. The lowest BCUT2D eigenvalue weighted by Crippen LogP contribution is -2.36. The number of benzene rings is 2. The molecule has 0 bridgehead atoms. The van der Waals surface area contributed by atoms with Gasteiger partial charge < -0.3 is 18.9 Å². The van der Waals surface area contributed by atoms with Gasteiger partial charge in [0, 0.05) is 25.6 Å². The molecule has 31 heavy (non-hydrogen) atoms. The molecule has 4 aromatic rings. The van der Waals surface area contributed by atoms with Gasteiger partial charge in [-0.3, -0.25) is 4.79 Å². The number of ether oxygens (including phenoxy) is 2. The van der Waals surface area contributed by atoms with Crippen molar-refractivity contribution in [1.29, 1.82) is 0 Å². The van der Waals surface area contributed by atoms with Crippen LogP contribution in [-0.2, 0) is 13.0 Å². The molecule has 0 radical (unpaired) electrons. The number of fused-ring (bicyclic) bond motifs is 2. The highest BCUT2D eigenvalue weighted by Crippen LogP contribution is 2.29. The summed E-state index contributed by atoms with van der Waals surface area (Å²) in [7, 11) is 1.74. The van der Waals surface area contributed by atoms with Crippen LogP contribution >= 0.6 is 11.3 Å². The van der Waals surface area contributed by atoms with Crippen molar-refractivity contribution in [2.75, 3.05) is 13.6 Å². The number of carbonyl (C=O) groups excluding carboxylic acids is 1. The number of thiazole rings is 1. The molecule has 1 atom stereocenters. The van der Waals surface area contributed by atoms with Crippen LogP contribution in [0.1, 0.15) is 26.8 Å². The first-order valence-corrected chi connectivity index (χ1v) is 10.8. The van der Waals surface area contributed by atoms with E-state index in [2.05, 4.69) is 16.2 Å².